The number of hydrogen-bond donors (Lipinski definition) is 2. The molecule has 0 aliphatic rings. The molecule has 0 aliphatic carbocycles. The summed E-state index contributed by atoms with van der Waals surface area (Å²) in [5.74, 6) is 1.59. The lowest BCUT2D eigenvalue weighted by Crippen LogP contribution is -2.30. The molecule has 4 nitrogen and oxygen atoms in total. The molecule has 122 valence electrons. The fourth-order valence-electron chi connectivity index (χ4n) is 1.72. The zero-order valence-corrected chi connectivity index (χ0v) is 15.1. The van der Waals surface area contributed by atoms with Gasteiger partial charge in [-0.05, 0) is 35.9 Å². The number of carbonyl (C=O) groups is 1. The molecule has 0 aliphatic heterocycles. The van der Waals surface area contributed by atoms with Crippen LogP contribution in [-0.2, 0) is 5.75 Å². The summed E-state index contributed by atoms with van der Waals surface area (Å²) in [4.78, 5) is 15.7. The summed E-state index contributed by atoms with van der Waals surface area (Å²) in [6, 6.07) is 8.33. The maximum absolute atomic E-state index is 11.8. The Morgan fingerprint density at radius 1 is 1.17 bits per heavy atom. The smallest absolute Gasteiger partial charge is 0.319 e. The fraction of sp³-hybridized carbons (Fsp3) is 0.200. The lowest BCUT2D eigenvalue weighted by molar-refractivity contribution is 0.252. The van der Waals surface area contributed by atoms with E-state index in [1.165, 1.54) is 0 Å². The van der Waals surface area contributed by atoms with Crippen molar-refractivity contribution < 1.29 is 4.79 Å². The van der Waals surface area contributed by atoms with Crippen LogP contribution in [0, 0.1) is 0 Å². The highest BCUT2D eigenvalue weighted by atomic mass is 35.5. The van der Waals surface area contributed by atoms with Crippen LogP contribution in [0.15, 0.2) is 36.5 Å². The van der Waals surface area contributed by atoms with Crippen molar-refractivity contribution in [3.63, 3.8) is 0 Å². The first-order valence-electron chi connectivity index (χ1n) is 6.72. The Labute approximate surface area is 153 Å². The Morgan fingerprint density at radius 3 is 2.78 bits per heavy atom. The molecule has 2 amide bonds. The standard InChI is InChI=1S/C15H14Cl3N3OS/c16-11-1-2-12(17)13(8-11)21-15(22)20-5-6-23-9-10-3-4-19-14(18)7-10/h1-4,7-8H,5-6,9H2,(H2,20,21,22). The first kappa shape index (κ1) is 18.2. The summed E-state index contributed by atoms with van der Waals surface area (Å²) in [5.41, 5.74) is 1.58. The van der Waals surface area contributed by atoms with E-state index >= 15 is 0 Å². The molecule has 0 fully saturated rings. The van der Waals surface area contributed by atoms with E-state index in [0.717, 1.165) is 17.1 Å². The quantitative estimate of drug-likeness (QED) is 0.533. The average Bonchev–Trinajstić information content (AvgIpc) is 2.51. The number of thioether (sulfide) groups is 1. The number of pyridine rings is 1. The number of hydrogen-bond acceptors (Lipinski definition) is 3. The summed E-state index contributed by atoms with van der Waals surface area (Å²) in [6.45, 7) is 0.535. The molecule has 1 aromatic heterocycles. The van der Waals surface area contributed by atoms with Gasteiger partial charge in [0.15, 0.2) is 0 Å². The number of halogens is 3. The maximum Gasteiger partial charge on any atom is 0.319 e. The van der Waals surface area contributed by atoms with Crippen molar-refractivity contribution in [2.24, 2.45) is 0 Å². The molecule has 0 spiro atoms. The number of carbonyl (C=O) groups excluding carboxylic acids is 1. The second-order valence-electron chi connectivity index (χ2n) is 4.54. The van der Waals surface area contributed by atoms with Gasteiger partial charge < -0.3 is 10.6 Å². The molecular weight excluding hydrogens is 377 g/mol. The number of nitrogens with one attached hydrogen (secondary N) is 2. The van der Waals surface area contributed by atoms with Crippen LogP contribution in [0.5, 0.6) is 0 Å². The molecule has 1 heterocycles. The number of benzene rings is 1. The van der Waals surface area contributed by atoms with Gasteiger partial charge in [-0.2, -0.15) is 11.8 Å². The minimum Gasteiger partial charge on any atom is -0.337 e. The molecule has 0 unspecified atom stereocenters. The van der Waals surface area contributed by atoms with Crippen LogP contribution >= 0.6 is 46.6 Å². The van der Waals surface area contributed by atoms with Gasteiger partial charge in [0.2, 0.25) is 0 Å². The summed E-state index contributed by atoms with van der Waals surface area (Å²) < 4.78 is 0. The Morgan fingerprint density at radius 2 is 2.00 bits per heavy atom. The normalized spacial score (nSPS) is 10.4. The predicted molar refractivity (Wildman–Crippen MR) is 98.9 cm³/mol. The fourth-order valence-corrected chi connectivity index (χ4v) is 3.06. The van der Waals surface area contributed by atoms with E-state index in [-0.39, 0.29) is 6.03 Å². The van der Waals surface area contributed by atoms with Crippen LogP contribution < -0.4 is 10.6 Å². The number of nitrogens with zero attached hydrogens (tertiary/aromatic N) is 1. The summed E-state index contributed by atoms with van der Waals surface area (Å²) in [6.07, 6.45) is 1.68. The Kier molecular flexibility index (Phi) is 7.30. The number of anilines is 1. The lowest BCUT2D eigenvalue weighted by atomic mass is 10.3. The van der Waals surface area contributed by atoms with E-state index in [2.05, 4.69) is 15.6 Å². The first-order chi connectivity index (χ1) is 11.0. The molecule has 23 heavy (non-hydrogen) atoms. The van der Waals surface area contributed by atoms with Crippen molar-refractivity contribution in [3.8, 4) is 0 Å². The highest BCUT2D eigenvalue weighted by Gasteiger charge is 2.06. The molecule has 1 aromatic carbocycles. The number of amides is 2. The first-order valence-corrected chi connectivity index (χ1v) is 9.01. The van der Waals surface area contributed by atoms with Gasteiger partial charge >= 0.3 is 6.03 Å². The SMILES string of the molecule is O=C(NCCSCc1ccnc(Cl)c1)Nc1cc(Cl)ccc1Cl. The predicted octanol–water partition coefficient (Wildman–Crippen LogP) is 5.10. The zero-order chi connectivity index (χ0) is 16.7. The molecule has 0 bridgehead atoms. The van der Waals surface area contributed by atoms with Crippen molar-refractivity contribution in [1.29, 1.82) is 0 Å². The second-order valence-corrected chi connectivity index (χ2v) is 6.88. The van der Waals surface area contributed by atoms with Gasteiger partial charge in [0.1, 0.15) is 5.15 Å². The van der Waals surface area contributed by atoms with E-state index in [4.69, 9.17) is 34.8 Å². The molecule has 8 heteroatoms. The van der Waals surface area contributed by atoms with Gasteiger partial charge in [0.05, 0.1) is 10.7 Å². The number of aromatic nitrogens is 1. The van der Waals surface area contributed by atoms with E-state index in [1.807, 2.05) is 12.1 Å². The summed E-state index contributed by atoms with van der Waals surface area (Å²) >= 11 is 19.4. The van der Waals surface area contributed by atoms with E-state index in [9.17, 15) is 4.79 Å². The maximum atomic E-state index is 11.8. The van der Waals surface area contributed by atoms with Crippen LogP contribution in [0.25, 0.3) is 0 Å². The highest BCUT2D eigenvalue weighted by Crippen LogP contribution is 2.25. The number of urea groups is 1. The van der Waals surface area contributed by atoms with E-state index in [1.54, 1.807) is 36.2 Å². The van der Waals surface area contributed by atoms with Crippen molar-refractivity contribution >= 4 is 58.3 Å². The van der Waals surface area contributed by atoms with Gasteiger partial charge in [-0.3, -0.25) is 0 Å². The Bertz CT molecular complexity index is 685. The molecule has 0 saturated carbocycles. The van der Waals surface area contributed by atoms with Crippen LogP contribution in [0.3, 0.4) is 0 Å². The van der Waals surface area contributed by atoms with Crippen molar-refractivity contribution in [2.75, 3.05) is 17.6 Å². The molecule has 2 N–H and O–H groups in total. The summed E-state index contributed by atoms with van der Waals surface area (Å²) in [7, 11) is 0. The molecule has 0 atom stereocenters. The lowest BCUT2D eigenvalue weighted by Gasteiger charge is -2.09. The molecular formula is C15H14Cl3N3OS. The Balaban J connectivity index is 1.68. The van der Waals surface area contributed by atoms with Crippen molar-refractivity contribution in [3.05, 3.63) is 57.3 Å². The largest absolute Gasteiger partial charge is 0.337 e. The van der Waals surface area contributed by atoms with Gasteiger partial charge in [-0.1, -0.05) is 34.8 Å². The van der Waals surface area contributed by atoms with Gasteiger partial charge in [0, 0.05) is 29.3 Å². The van der Waals surface area contributed by atoms with Crippen molar-refractivity contribution in [2.45, 2.75) is 5.75 Å². The van der Waals surface area contributed by atoms with Gasteiger partial charge in [-0.15, -0.1) is 0 Å². The second kappa shape index (κ2) is 9.23. The minimum atomic E-state index is -0.318. The highest BCUT2D eigenvalue weighted by molar-refractivity contribution is 7.98. The third-order valence-electron chi connectivity index (χ3n) is 2.77. The molecule has 2 rings (SSSR count). The molecule has 2 aromatic rings. The minimum absolute atomic E-state index is 0.318. The third kappa shape index (κ3) is 6.47. The number of rotatable bonds is 6. The third-order valence-corrected chi connectivity index (χ3v) is 4.57. The van der Waals surface area contributed by atoms with Crippen LogP contribution in [0.1, 0.15) is 5.56 Å². The molecule has 0 saturated heterocycles. The zero-order valence-electron chi connectivity index (χ0n) is 12.0. The summed E-state index contributed by atoms with van der Waals surface area (Å²) in [5, 5.41) is 6.86. The average molecular weight is 391 g/mol. The molecule has 0 radical (unpaired) electrons. The Hall–Kier alpha value is -1.14. The van der Waals surface area contributed by atoms with Crippen LogP contribution in [-0.4, -0.2) is 23.3 Å². The van der Waals surface area contributed by atoms with Gasteiger partial charge in [-0.25, -0.2) is 9.78 Å². The van der Waals surface area contributed by atoms with Crippen molar-refractivity contribution in [1.82, 2.24) is 10.3 Å². The van der Waals surface area contributed by atoms with Gasteiger partial charge in [0.25, 0.3) is 0 Å². The topological polar surface area (TPSA) is 54.0 Å². The van der Waals surface area contributed by atoms with Crippen LogP contribution in [0.2, 0.25) is 15.2 Å². The monoisotopic (exact) mass is 389 g/mol. The van der Waals surface area contributed by atoms with Crippen LogP contribution in [0.4, 0.5) is 10.5 Å². The van der Waals surface area contributed by atoms with E-state index < -0.39 is 0 Å². The van der Waals surface area contributed by atoms with E-state index in [0.29, 0.717) is 27.4 Å².